The second-order valence-electron chi connectivity index (χ2n) is 6.53. The quantitative estimate of drug-likeness (QED) is 0.511. The molecule has 0 spiro atoms. The van der Waals surface area contributed by atoms with Crippen LogP contribution < -0.4 is 0 Å². The van der Waals surface area contributed by atoms with Gasteiger partial charge in [0.05, 0.1) is 11.9 Å². The van der Waals surface area contributed by atoms with E-state index in [0.29, 0.717) is 6.10 Å². The summed E-state index contributed by atoms with van der Waals surface area (Å²) in [5.74, 6) is 1.40. The van der Waals surface area contributed by atoms with Gasteiger partial charge in [0.1, 0.15) is 0 Å². The molecular formula is C18H32O. The van der Waals surface area contributed by atoms with Crippen molar-refractivity contribution in [2.45, 2.75) is 103 Å². The molecule has 2 rings (SSSR count). The lowest BCUT2D eigenvalue weighted by Crippen LogP contribution is -2.12. The molecule has 0 radical (unpaired) electrons. The van der Waals surface area contributed by atoms with E-state index in [9.17, 15) is 0 Å². The molecule has 1 aliphatic heterocycles. The summed E-state index contributed by atoms with van der Waals surface area (Å²) in [6.45, 7) is 2.26. The molecule has 110 valence electrons. The Labute approximate surface area is 119 Å². The topological polar surface area (TPSA) is 9.23 Å². The Hall–Kier alpha value is -0.460. The number of hydrogen-bond acceptors (Lipinski definition) is 1. The van der Waals surface area contributed by atoms with E-state index >= 15 is 0 Å². The molecule has 0 bridgehead atoms. The molecule has 0 amide bonds. The summed E-state index contributed by atoms with van der Waals surface area (Å²) in [5, 5.41) is 0. The minimum atomic E-state index is 0.443. The fourth-order valence-corrected chi connectivity index (χ4v) is 3.48. The standard InChI is InChI=1S/C18H32O/c1-16-12-10-11-14-17-13-8-6-4-2-3-5-7-9-15-18(17)19-16/h16H,2-15H2,1H3/b18-17-. The molecule has 1 heterocycles. The Morgan fingerprint density at radius 2 is 1.21 bits per heavy atom. The van der Waals surface area contributed by atoms with Crippen LogP contribution in [0.1, 0.15) is 96.8 Å². The van der Waals surface area contributed by atoms with Crippen LogP contribution >= 0.6 is 0 Å². The molecule has 19 heavy (non-hydrogen) atoms. The van der Waals surface area contributed by atoms with Crippen LogP contribution in [-0.4, -0.2) is 6.10 Å². The van der Waals surface area contributed by atoms with Gasteiger partial charge in [-0.2, -0.15) is 0 Å². The van der Waals surface area contributed by atoms with Gasteiger partial charge in [-0.15, -0.1) is 0 Å². The molecule has 0 aromatic carbocycles. The minimum Gasteiger partial charge on any atom is -0.495 e. The summed E-state index contributed by atoms with van der Waals surface area (Å²) in [5.41, 5.74) is 1.67. The number of ether oxygens (including phenoxy) is 1. The summed E-state index contributed by atoms with van der Waals surface area (Å²) in [7, 11) is 0. The average molecular weight is 264 g/mol. The Balaban J connectivity index is 2.01. The third kappa shape index (κ3) is 5.58. The monoisotopic (exact) mass is 264 g/mol. The highest BCUT2D eigenvalue weighted by Crippen LogP contribution is 2.29. The fourth-order valence-electron chi connectivity index (χ4n) is 3.48. The maximum Gasteiger partial charge on any atom is 0.0955 e. The van der Waals surface area contributed by atoms with E-state index in [-0.39, 0.29) is 0 Å². The predicted octanol–water partition coefficient (Wildman–Crippen LogP) is 6.13. The maximum absolute atomic E-state index is 6.28. The van der Waals surface area contributed by atoms with Gasteiger partial charge in [-0.3, -0.25) is 0 Å². The first-order valence-corrected chi connectivity index (χ1v) is 8.74. The molecular weight excluding hydrogens is 232 g/mol. The molecule has 1 heteroatoms. The Morgan fingerprint density at radius 3 is 1.89 bits per heavy atom. The van der Waals surface area contributed by atoms with Crippen molar-refractivity contribution in [1.82, 2.24) is 0 Å². The summed E-state index contributed by atoms with van der Waals surface area (Å²) in [4.78, 5) is 0. The number of allylic oxidation sites excluding steroid dienone is 2. The zero-order valence-electron chi connectivity index (χ0n) is 12.9. The average Bonchev–Trinajstić information content (AvgIpc) is 2.38. The highest BCUT2D eigenvalue weighted by Gasteiger charge is 2.15. The van der Waals surface area contributed by atoms with E-state index in [1.54, 1.807) is 5.57 Å². The second kappa shape index (κ2) is 8.66. The largest absolute Gasteiger partial charge is 0.495 e. The van der Waals surface area contributed by atoms with Crippen LogP contribution in [0.5, 0.6) is 0 Å². The highest BCUT2D eigenvalue weighted by molar-refractivity contribution is 5.10. The zero-order valence-corrected chi connectivity index (χ0v) is 12.9. The van der Waals surface area contributed by atoms with E-state index in [4.69, 9.17) is 4.74 Å². The van der Waals surface area contributed by atoms with Crippen LogP contribution in [-0.2, 0) is 4.74 Å². The predicted molar refractivity (Wildman–Crippen MR) is 82.2 cm³/mol. The lowest BCUT2D eigenvalue weighted by molar-refractivity contribution is 0.105. The smallest absolute Gasteiger partial charge is 0.0955 e. The molecule has 0 saturated carbocycles. The Morgan fingerprint density at radius 1 is 0.684 bits per heavy atom. The molecule has 2 aliphatic rings. The normalized spacial score (nSPS) is 31.9. The molecule has 0 saturated heterocycles. The van der Waals surface area contributed by atoms with Gasteiger partial charge in [-0.25, -0.2) is 0 Å². The lowest BCUT2D eigenvalue weighted by atomic mass is 9.94. The zero-order chi connectivity index (χ0) is 13.3. The third-order valence-corrected chi connectivity index (χ3v) is 4.71. The Kier molecular flexibility index (Phi) is 6.81. The Bertz CT molecular complexity index is 279. The van der Waals surface area contributed by atoms with Crippen LogP contribution in [0.2, 0.25) is 0 Å². The van der Waals surface area contributed by atoms with Crippen molar-refractivity contribution < 1.29 is 4.74 Å². The first-order valence-electron chi connectivity index (χ1n) is 8.74. The van der Waals surface area contributed by atoms with Crippen LogP contribution in [0.4, 0.5) is 0 Å². The van der Waals surface area contributed by atoms with Crippen molar-refractivity contribution in [3.63, 3.8) is 0 Å². The fraction of sp³-hybridized carbons (Fsp3) is 0.889. The van der Waals surface area contributed by atoms with E-state index < -0.39 is 0 Å². The van der Waals surface area contributed by atoms with Gasteiger partial charge >= 0.3 is 0 Å². The summed E-state index contributed by atoms with van der Waals surface area (Å²) in [6.07, 6.45) is 19.6. The highest BCUT2D eigenvalue weighted by atomic mass is 16.5. The second-order valence-corrected chi connectivity index (χ2v) is 6.53. The van der Waals surface area contributed by atoms with E-state index in [1.807, 2.05) is 0 Å². The minimum absolute atomic E-state index is 0.443. The molecule has 1 aliphatic carbocycles. The maximum atomic E-state index is 6.28. The van der Waals surface area contributed by atoms with Crippen molar-refractivity contribution in [2.24, 2.45) is 0 Å². The van der Waals surface area contributed by atoms with Crippen molar-refractivity contribution in [1.29, 1.82) is 0 Å². The van der Waals surface area contributed by atoms with Gasteiger partial charge in [0.2, 0.25) is 0 Å². The van der Waals surface area contributed by atoms with Crippen LogP contribution in [0.25, 0.3) is 0 Å². The van der Waals surface area contributed by atoms with Gasteiger partial charge in [0.25, 0.3) is 0 Å². The van der Waals surface area contributed by atoms with Gasteiger partial charge < -0.3 is 4.74 Å². The number of hydrogen-bond donors (Lipinski definition) is 0. The van der Waals surface area contributed by atoms with Gasteiger partial charge in [-0.05, 0) is 57.4 Å². The summed E-state index contributed by atoms with van der Waals surface area (Å²) >= 11 is 0. The first-order chi connectivity index (χ1) is 9.36. The van der Waals surface area contributed by atoms with Crippen molar-refractivity contribution >= 4 is 0 Å². The van der Waals surface area contributed by atoms with E-state index in [2.05, 4.69) is 6.92 Å². The molecule has 0 aromatic heterocycles. The van der Waals surface area contributed by atoms with Crippen LogP contribution in [0.3, 0.4) is 0 Å². The summed E-state index contributed by atoms with van der Waals surface area (Å²) < 4.78 is 6.28. The summed E-state index contributed by atoms with van der Waals surface area (Å²) in [6, 6.07) is 0. The molecule has 1 nitrogen and oxygen atoms in total. The van der Waals surface area contributed by atoms with Gasteiger partial charge in [-0.1, -0.05) is 38.5 Å². The van der Waals surface area contributed by atoms with E-state index in [0.717, 1.165) is 0 Å². The van der Waals surface area contributed by atoms with Crippen molar-refractivity contribution in [2.75, 3.05) is 0 Å². The van der Waals surface area contributed by atoms with E-state index in [1.165, 1.54) is 95.7 Å². The molecule has 1 atom stereocenters. The van der Waals surface area contributed by atoms with Gasteiger partial charge in [0.15, 0.2) is 0 Å². The van der Waals surface area contributed by atoms with Crippen molar-refractivity contribution in [3.05, 3.63) is 11.3 Å². The SMILES string of the molecule is CC1CCCC/C2=C(/CCCCCCCCCC2)O1. The molecule has 0 fully saturated rings. The van der Waals surface area contributed by atoms with Crippen LogP contribution in [0, 0.1) is 0 Å². The molecule has 1 unspecified atom stereocenters. The molecule has 0 N–H and O–H groups in total. The first kappa shape index (κ1) is 14.9. The lowest BCUT2D eigenvalue weighted by Gasteiger charge is -2.24. The molecule has 0 aromatic rings. The van der Waals surface area contributed by atoms with Crippen LogP contribution in [0.15, 0.2) is 11.3 Å². The van der Waals surface area contributed by atoms with Gasteiger partial charge in [0, 0.05) is 6.42 Å². The third-order valence-electron chi connectivity index (χ3n) is 4.71. The number of rotatable bonds is 0. The van der Waals surface area contributed by atoms with Crippen molar-refractivity contribution in [3.8, 4) is 0 Å².